The zero-order valence-corrected chi connectivity index (χ0v) is 30.8. The van der Waals surface area contributed by atoms with Crippen molar-refractivity contribution < 1.29 is 23.1 Å². The van der Waals surface area contributed by atoms with Crippen LogP contribution in [0, 0.1) is 17.3 Å². The van der Waals surface area contributed by atoms with Gasteiger partial charge in [-0.25, -0.2) is 9.78 Å². The number of piperidine rings is 1. The zero-order valence-electron chi connectivity index (χ0n) is 30.8. The van der Waals surface area contributed by atoms with Crippen LogP contribution in [0.1, 0.15) is 99.8 Å². The smallest absolute Gasteiger partial charge is 0.407 e. The number of methoxy groups -OCH3 is 1. The van der Waals surface area contributed by atoms with E-state index in [0.29, 0.717) is 33.8 Å². The van der Waals surface area contributed by atoms with Gasteiger partial charge in [0, 0.05) is 28.6 Å². The van der Waals surface area contributed by atoms with Gasteiger partial charge in [-0.05, 0) is 139 Å². The number of fused-ring (bicyclic) bond motifs is 6. The number of imidazole rings is 1. The molecule has 1 aliphatic heterocycles. The van der Waals surface area contributed by atoms with Crippen molar-refractivity contribution in [1.82, 2.24) is 25.2 Å². The first-order valence-corrected chi connectivity index (χ1v) is 19.6. The van der Waals surface area contributed by atoms with Gasteiger partial charge in [0.25, 0.3) is 5.92 Å². The maximum absolute atomic E-state index is 16.4. The second-order valence-corrected chi connectivity index (χ2v) is 17.0. The molecule has 2 aromatic heterocycles. The molecule has 4 fully saturated rings. The second-order valence-electron chi connectivity index (χ2n) is 17.0. The lowest BCUT2D eigenvalue weighted by molar-refractivity contribution is -0.139. The van der Waals surface area contributed by atoms with Crippen molar-refractivity contribution in [2.45, 2.75) is 95.2 Å². The fraction of sp³-hybridized carbons (Fsp3) is 0.432. The number of rotatable bonds is 7. The van der Waals surface area contributed by atoms with Crippen LogP contribution in [0.3, 0.4) is 0 Å². The van der Waals surface area contributed by atoms with E-state index in [1.165, 1.54) is 44.9 Å². The van der Waals surface area contributed by atoms with Gasteiger partial charge >= 0.3 is 6.09 Å². The minimum atomic E-state index is -3.14. The molecular weight excluding hydrogens is 685 g/mol. The topological polar surface area (TPSA) is 103 Å². The molecule has 4 aliphatic carbocycles. The van der Waals surface area contributed by atoms with Crippen LogP contribution >= 0.6 is 0 Å². The lowest BCUT2D eigenvalue weighted by atomic mass is 9.95. The quantitative estimate of drug-likeness (QED) is 0.155. The van der Waals surface area contributed by atoms with Crippen LogP contribution in [0.2, 0.25) is 0 Å². The van der Waals surface area contributed by atoms with Crippen LogP contribution in [0.15, 0.2) is 66.7 Å². The van der Waals surface area contributed by atoms with Gasteiger partial charge in [0.05, 0.1) is 24.2 Å². The molecule has 278 valence electrons. The normalized spacial score (nSPS) is 24.7. The summed E-state index contributed by atoms with van der Waals surface area (Å²) in [5.74, 6) is -1.91. The van der Waals surface area contributed by atoms with Gasteiger partial charge in [0.1, 0.15) is 11.9 Å². The van der Waals surface area contributed by atoms with E-state index in [9.17, 15) is 9.59 Å². The fourth-order valence-electron chi connectivity index (χ4n) is 10.4. The van der Waals surface area contributed by atoms with Crippen LogP contribution < -0.4 is 5.32 Å². The first kappa shape index (κ1) is 33.6. The van der Waals surface area contributed by atoms with Crippen molar-refractivity contribution in [3.05, 3.63) is 89.4 Å². The fourth-order valence-corrected chi connectivity index (χ4v) is 10.4. The van der Waals surface area contributed by atoms with Gasteiger partial charge in [-0.15, -0.1) is 0 Å². The van der Waals surface area contributed by atoms with Crippen molar-refractivity contribution in [2.24, 2.45) is 17.3 Å². The molecule has 5 aromatic rings. The number of carbonyl (C=O) groups is 2. The number of aromatic nitrogens is 3. The number of hydrogen-bond donors (Lipinski definition) is 3. The predicted octanol–water partition coefficient (Wildman–Crippen LogP) is 9.83. The Morgan fingerprint density at radius 2 is 1.61 bits per heavy atom. The average molecular weight is 730 g/mol. The highest BCUT2D eigenvalue weighted by atomic mass is 19.3. The number of aromatic amines is 2. The van der Waals surface area contributed by atoms with Crippen LogP contribution in [0.4, 0.5) is 13.6 Å². The Hall–Kier alpha value is -4.99. The maximum atomic E-state index is 16.4. The highest BCUT2D eigenvalue weighted by Gasteiger charge is 2.52. The van der Waals surface area contributed by atoms with Crippen molar-refractivity contribution in [3.8, 4) is 33.5 Å². The predicted molar refractivity (Wildman–Crippen MR) is 203 cm³/mol. The van der Waals surface area contributed by atoms with Crippen molar-refractivity contribution in [1.29, 1.82) is 0 Å². The van der Waals surface area contributed by atoms with Gasteiger partial charge in [0.2, 0.25) is 5.91 Å². The van der Waals surface area contributed by atoms with E-state index in [2.05, 4.69) is 21.4 Å². The molecule has 3 heterocycles. The van der Waals surface area contributed by atoms with Crippen molar-refractivity contribution in [3.63, 3.8) is 0 Å². The Labute approximate surface area is 313 Å². The van der Waals surface area contributed by atoms with E-state index in [4.69, 9.17) is 9.72 Å². The summed E-state index contributed by atoms with van der Waals surface area (Å²) in [6.07, 6.45) is 8.61. The molecule has 2 bridgehead atoms. The molecule has 3 saturated carbocycles. The number of likely N-dealkylation sites (tertiary alicyclic amines) is 1. The van der Waals surface area contributed by atoms with Crippen LogP contribution in [0.25, 0.3) is 44.5 Å². The number of hydrogen-bond acceptors (Lipinski definition) is 4. The van der Waals surface area contributed by atoms with Crippen molar-refractivity contribution in [2.75, 3.05) is 7.11 Å². The van der Waals surface area contributed by atoms with Gasteiger partial charge in [-0.1, -0.05) is 44.2 Å². The number of amides is 2. The molecule has 10 heteroatoms. The molecule has 1 saturated heterocycles. The third-order valence-corrected chi connectivity index (χ3v) is 13.5. The van der Waals surface area contributed by atoms with E-state index in [1.54, 1.807) is 12.1 Å². The summed E-state index contributed by atoms with van der Waals surface area (Å²) in [6.45, 7) is 3.82. The van der Waals surface area contributed by atoms with E-state index in [-0.39, 0.29) is 41.0 Å². The number of alkyl halides is 2. The highest BCUT2D eigenvalue weighted by molar-refractivity contribution is 5.88. The van der Waals surface area contributed by atoms with Crippen molar-refractivity contribution >= 4 is 23.0 Å². The number of halogens is 2. The average Bonchev–Trinajstić information content (AvgIpc) is 3.83. The third kappa shape index (κ3) is 5.22. The van der Waals surface area contributed by atoms with E-state index < -0.39 is 18.1 Å². The molecule has 5 atom stereocenters. The third-order valence-electron chi connectivity index (χ3n) is 13.5. The molecule has 54 heavy (non-hydrogen) atoms. The molecule has 10 rings (SSSR count). The monoisotopic (exact) mass is 729 g/mol. The molecule has 1 spiro atoms. The van der Waals surface area contributed by atoms with E-state index >= 15 is 8.78 Å². The van der Waals surface area contributed by atoms with Crippen LogP contribution in [-0.4, -0.2) is 51.0 Å². The number of carbonyl (C=O) groups excluding carboxylic acids is 2. The largest absolute Gasteiger partial charge is 0.453 e. The first-order chi connectivity index (χ1) is 26.0. The molecule has 3 aromatic carbocycles. The van der Waals surface area contributed by atoms with E-state index in [0.717, 1.165) is 47.1 Å². The summed E-state index contributed by atoms with van der Waals surface area (Å²) in [5.41, 5.74) is 7.69. The van der Waals surface area contributed by atoms with Gasteiger partial charge in [-0.3, -0.25) is 4.79 Å². The Balaban J connectivity index is 0.921. The summed E-state index contributed by atoms with van der Waals surface area (Å²) in [7, 11) is 1.29. The Kier molecular flexibility index (Phi) is 7.46. The molecule has 3 N–H and O–H groups in total. The minimum Gasteiger partial charge on any atom is -0.453 e. The standard InChI is InChI=1S/C44H45F2N5O3/c1-23(2)38(50-42(53)54-3)41(52)51-29-8-4-27(18-29)39(51)40-48-36-11-7-25(21-37(36)49-40)24-5-9-30-31-10-6-26(20-33(31)44(45,46)32(30)19-24)34-12-13-35(47-34)28-14-15-43(22-28)16-17-43/h5-7,9-13,19-21,23,27-29,38-39,47H,4,8,14-18,22H2,1-3H3,(H,48,49)(H,50,53)/t27-,28+,29-,38-,39+/m1/s1. The Morgan fingerprint density at radius 1 is 0.889 bits per heavy atom. The summed E-state index contributed by atoms with van der Waals surface area (Å²) in [4.78, 5) is 40.1. The number of benzene rings is 3. The first-order valence-electron chi connectivity index (χ1n) is 19.6. The van der Waals surface area contributed by atoms with Crippen LogP contribution in [0.5, 0.6) is 0 Å². The number of nitrogens with one attached hydrogen (secondary N) is 3. The summed E-state index contributed by atoms with van der Waals surface area (Å²) in [6, 6.07) is 19.9. The van der Waals surface area contributed by atoms with Gasteiger partial charge in [-0.2, -0.15) is 8.78 Å². The lowest BCUT2D eigenvalue weighted by Gasteiger charge is -2.37. The number of H-pyrrole nitrogens is 2. The number of ether oxygens (including phenoxy) is 1. The molecule has 5 aliphatic rings. The Bertz CT molecular complexity index is 2340. The Morgan fingerprint density at radius 3 is 2.33 bits per heavy atom. The summed E-state index contributed by atoms with van der Waals surface area (Å²) >= 11 is 0. The van der Waals surface area contributed by atoms with E-state index in [1.807, 2.05) is 67.3 Å². The second kappa shape index (κ2) is 12.0. The minimum absolute atomic E-state index is 0.0156. The molecule has 2 amide bonds. The van der Waals surface area contributed by atoms with Gasteiger partial charge < -0.3 is 24.9 Å². The SMILES string of the molecule is COC(=O)N[C@@H](C(=O)N1[C@@H]2CC[C@H](C2)[C@H]1c1nc2ccc(-c3ccc4c(c3)C(F)(F)c3cc(-c5ccc([C@H]6CCC7(CC7)C6)[nH]5)ccc3-4)cc2[nH]1)C(C)C. The zero-order chi connectivity index (χ0) is 37.1. The highest BCUT2D eigenvalue weighted by Crippen LogP contribution is 2.62. The lowest BCUT2D eigenvalue weighted by Crippen LogP contribution is -2.54. The van der Waals surface area contributed by atoms with Gasteiger partial charge in [0.15, 0.2) is 0 Å². The maximum Gasteiger partial charge on any atom is 0.407 e. The molecular formula is C44H45F2N5O3. The molecule has 0 unspecified atom stereocenters. The summed E-state index contributed by atoms with van der Waals surface area (Å²) in [5, 5.41) is 2.74. The molecule has 0 radical (unpaired) electrons. The summed E-state index contributed by atoms with van der Waals surface area (Å²) < 4.78 is 37.6. The number of alkyl carbamates (subject to hydrolysis) is 1. The number of nitrogens with zero attached hydrogens (tertiary/aromatic N) is 2. The molecule has 8 nitrogen and oxygen atoms in total. The van der Waals surface area contributed by atoms with Crippen LogP contribution in [-0.2, 0) is 15.5 Å².